The fourth-order valence-electron chi connectivity index (χ4n) is 2.57. The van der Waals surface area contributed by atoms with Crippen LogP contribution < -0.4 is 5.32 Å². The molecule has 0 heterocycles. The molecule has 3 nitrogen and oxygen atoms in total. The quantitative estimate of drug-likeness (QED) is 0.815. The Morgan fingerprint density at radius 2 is 2.19 bits per heavy atom. The van der Waals surface area contributed by atoms with E-state index in [0.29, 0.717) is 12.5 Å². The van der Waals surface area contributed by atoms with Gasteiger partial charge in [-0.05, 0) is 55.4 Å². The van der Waals surface area contributed by atoms with E-state index in [-0.39, 0.29) is 5.91 Å². The van der Waals surface area contributed by atoms with Gasteiger partial charge in [0.1, 0.15) is 0 Å². The van der Waals surface area contributed by atoms with Crippen LogP contribution >= 0.6 is 15.9 Å². The Kier molecular flexibility index (Phi) is 5.59. The topological polar surface area (TPSA) is 49.3 Å². The lowest BCUT2D eigenvalue weighted by atomic mass is 9.79. The predicted octanol–water partition coefficient (Wildman–Crippen LogP) is 3.52. The molecule has 1 saturated carbocycles. The van der Waals surface area contributed by atoms with Gasteiger partial charge in [-0.3, -0.25) is 4.79 Å². The highest BCUT2D eigenvalue weighted by molar-refractivity contribution is 9.10. The van der Waals surface area contributed by atoms with Crippen molar-refractivity contribution in [1.29, 1.82) is 0 Å². The van der Waals surface area contributed by atoms with E-state index < -0.39 is 5.60 Å². The number of carbonyl (C=O) groups is 1. The summed E-state index contributed by atoms with van der Waals surface area (Å²) in [5, 5.41) is 13.2. The van der Waals surface area contributed by atoms with E-state index >= 15 is 0 Å². The summed E-state index contributed by atoms with van der Waals surface area (Å²) in [6.07, 6.45) is 6.87. The lowest BCUT2D eigenvalue weighted by Gasteiger charge is -2.34. The van der Waals surface area contributed by atoms with Crippen LogP contribution in [0.2, 0.25) is 0 Å². The summed E-state index contributed by atoms with van der Waals surface area (Å²) in [7, 11) is 0. The summed E-state index contributed by atoms with van der Waals surface area (Å²) < 4.78 is 0.982. The molecule has 2 N–H and O–H groups in total. The second-order valence-electron chi connectivity index (χ2n) is 6.01. The van der Waals surface area contributed by atoms with Crippen molar-refractivity contribution in [3.8, 4) is 0 Å². The Labute approximate surface area is 134 Å². The van der Waals surface area contributed by atoms with Crippen LogP contribution in [0.4, 0.5) is 0 Å². The van der Waals surface area contributed by atoms with Crippen LogP contribution in [0.15, 0.2) is 34.8 Å². The minimum absolute atomic E-state index is 0.165. The van der Waals surface area contributed by atoms with E-state index in [1.54, 1.807) is 6.08 Å². The maximum absolute atomic E-state index is 11.8. The van der Waals surface area contributed by atoms with Gasteiger partial charge in [0.25, 0.3) is 0 Å². The van der Waals surface area contributed by atoms with Crippen molar-refractivity contribution in [1.82, 2.24) is 5.32 Å². The van der Waals surface area contributed by atoms with Crippen LogP contribution in [-0.4, -0.2) is 23.2 Å². The van der Waals surface area contributed by atoms with Crippen LogP contribution in [-0.2, 0) is 4.79 Å². The molecule has 0 aromatic heterocycles. The Hall–Kier alpha value is -1.13. The molecule has 114 valence electrons. The Bertz CT molecular complexity index is 519. The van der Waals surface area contributed by atoms with Crippen molar-refractivity contribution in [3.05, 3.63) is 40.4 Å². The third-order valence-corrected chi connectivity index (χ3v) is 4.57. The number of rotatable bonds is 4. The van der Waals surface area contributed by atoms with E-state index in [0.717, 1.165) is 35.7 Å². The van der Waals surface area contributed by atoms with E-state index in [1.165, 1.54) is 6.08 Å². The normalized spacial score (nSPS) is 26.0. The van der Waals surface area contributed by atoms with E-state index in [9.17, 15) is 9.90 Å². The first-order chi connectivity index (χ1) is 9.97. The van der Waals surface area contributed by atoms with Crippen molar-refractivity contribution in [2.24, 2.45) is 5.92 Å². The Balaban J connectivity index is 1.82. The van der Waals surface area contributed by atoms with Gasteiger partial charge in [0, 0.05) is 17.1 Å². The van der Waals surface area contributed by atoms with Gasteiger partial charge in [-0.2, -0.15) is 0 Å². The molecule has 4 heteroatoms. The zero-order valence-electron chi connectivity index (χ0n) is 12.3. The molecule has 2 rings (SSSR count). The number of nitrogens with one attached hydrogen (secondary N) is 1. The minimum atomic E-state index is -0.730. The second-order valence-corrected chi connectivity index (χ2v) is 6.93. The van der Waals surface area contributed by atoms with Gasteiger partial charge in [0.05, 0.1) is 5.60 Å². The van der Waals surface area contributed by atoms with Gasteiger partial charge in [-0.25, -0.2) is 0 Å². The summed E-state index contributed by atoms with van der Waals surface area (Å²) in [6, 6.07) is 7.75. The number of aliphatic hydroxyl groups is 1. The minimum Gasteiger partial charge on any atom is -0.388 e. The van der Waals surface area contributed by atoms with Gasteiger partial charge in [-0.1, -0.05) is 35.0 Å². The highest BCUT2D eigenvalue weighted by Crippen LogP contribution is 2.31. The molecule has 1 aromatic carbocycles. The van der Waals surface area contributed by atoms with E-state index in [1.807, 2.05) is 24.3 Å². The van der Waals surface area contributed by atoms with Gasteiger partial charge in [0.15, 0.2) is 0 Å². The molecule has 1 aliphatic carbocycles. The van der Waals surface area contributed by atoms with Crippen LogP contribution in [0.3, 0.4) is 0 Å². The lowest BCUT2D eigenvalue weighted by molar-refractivity contribution is -0.118. The predicted molar refractivity (Wildman–Crippen MR) is 88.8 cm³/mol. The van der Waals surface area contributed by atoms with Crippen LogP contribution in [0, 0.1) is 5.92 Å². The van der Waals surface area contributed by atoms with Crippen molar-refractivity contribution in [2.45, 2.75) is 38.2 Å². The molecule has 0 aliphatic heterocycles. The molecule has 1 amide bonds. The molecule has 0 spiro atoms. The fraction of sp³-hybridized carbons (Fsp3) is 0.471. The zero-order valence-corrected chi connectivity index (χ0v) is 13.9. The number of benzene rings is 1. The molecule has 0 radical (unpaired) electrons. The number of hydrogen-bond acceptors (Lipinski definition) is 2. The standard InChI is InChI=1S/C17H22BrNO2/c1-13-7-9-17(21,10-8-13)12-19-16(20)6-5-14-3-2-4-15(18)11-14/h2-6,11,13,21H,7-10,12H2,1H3,(H,19,20). The van der Waals surface area contributed by atoms with Gasteiger partial charge >= 0.3 is 0 Å². The smallest absolute Gasteiger partial charge is 0.244 e. The SMILES string of the molecule is CC1CCC(O)(CNC(=O)C=Cc2cccc(Br)c2)CC1. The third-order valence-electron chi connectivity index (χ3n) is 4.07. The van der Waals surface area contributed by atoms with Gasteiger partial charge in [0.2, 0.25) is 5.91 Å². The average Bonchev–Trinajstić information content (AvgIpc) is 2.47. The molecule has 1 aromatic rings. The summed E-state index contributed by atoms with van der Waals surface area (Å²) in [5.74, 6) is 0.513. The molecular weight excluding hydrogens is 330 g/mol. The first kappa shape index (κ1) is 16.2. The highest BCUT2D eigenvalue weighted by atomic mass is 79.9. The first-order valence-corrected chi connectivity index (χ1v) is 8.20. The van der Waals surface area contributed by atoms with Crippen molar-refractivity contribution < 1.29 is 9.90 Å². The number of halogens is 1. The number of carbonyl (C=O) groups excluding carboxylic acids is 1. The lowest BCUT2D eigenvalue weighted by Crippen LogP contribution is -2.44. The molecule has 21 heavy (non-hydrogen) atoms. The van der Waals surface area contributed by atoms with Crippen molar-refractivity contribution >= 4 is 27.9 Å². The van der Waals surface area contributed by atoms with Gasteiger partial charge < -0.3 is 10.4 Å². The number of hydrogen-bond donors (Lipinski definition) is 2. The summed E-state index contributed by atoms with van der Waals surface area (Å²) in [6.45, 7) is 2.54. The zero-order chi connectivity index (χ0) is 15.3. The number of amides is 1. The first-order valence-electron chi connectivity index (χ1n) is 7.41. The molecule has 0 saturated heterocycles. The fourth-order valence-corrected chi connectivity index (χ4v) is 2.99. The molecule has 1 fully saturated rings. The average molecular weight is 352 g/mol. The highest BCUT2D eigenvalue weighted by Gasteiger charge is 2.31. The van der Waals surface area contributed by atoms with Crippen molar-refractivity contribution in [3.63, 3.8) is 0 Å². The third kappa shape index (κ3) is 5.29. The summed E-state index contributed by atoms with van der Waals surface area (Å²) in [5.41, 5.74) is 0.232. The second kappa shape index (κ2) is 7.23. The monoisotopic (exact) mass is 351 g/mol. The molecule has 0 unspecified atom stereocenters. The van der Waals surface area contributed by atoms with Crippen molar-refractivity contribution in [2.75, 3.05) is 6.54 Å². The van der Waals surface area contributed by atoms with Crippen LogP contribution in [0.1, 0.15) is 38.2 Å². The van der Waals surface area contributed by atoms with Crippen LogP contribution in [0.5, 0.6) is 0 Å². The maximum Gasteiger partial charge on any atom is 0.244 e. The Morgan fingerprint density at radius 1 is 1.48 bits per heavy atom. The molecular formula is C17H22BrNO2. The summed E-state index contributed by atoms with van der Waals surface area (Å²) >= 11 is 3.40. The largest absolute Gasteiger partial charge is 0.388 e. The molecule has 0 bridgehead atoms. The van der Waals surface area contributed by atoms with E-state index in [2.05, 4.69) is 28.2 Å². The summed E-state index contributed by atoms with van der Waals surface area (Å²) in [4.78, 5) is 11.8. The molecule has 0 atom stereocenters. The molecule has 1 aliphatic rings. The van der Waals surface area contributed by atoms with E-state index in [4.69, 9.17) is 0 Å². The van der Waals surface area contributed by atoms with Crippen LogP contribution in [0.25, 0.3) is 6.08 Å². The maximum atomic E-state index is 11.8. The Morgan fingerprint density at radius 3 is 2.86 bits per heavy atom. The van der Waals surface area contributed by atoms with Gasteiger partial charge in [-0.15, -0.1) is 0 Å².